The summed E-state index contributed by atoms with van der Waals surface area (Å²) >= 11 is 0. The topological polar surface area (TPSA) is 70.1 Å². The van der Waals surface area contributed by atoms with E-state index in [-0.39, 0.29) is 12.0 Å². The second-order valence-corrected chi connectivity index (χ2v) is 4.05. The molecule has 2 N–H and O–H groups in total. The van der Waals surface area contributed by atoms with Gasteiger partial charge in [0.05, 0.1) is 13.4 Å². The standard InChI is InChI=1S/C10H15N3O2/c1-15-9(14)10(11)3-2-8(6-10)13-5-4-12-7-13/h4-5,7-8H,2-3,6,11H2,1H3. The van der Waals surface area contributed by atoms with Crippen LogP contribution in [0, 0.1) is 0 Å². The fourth-order valence-electron chi connectivity index (χ4n) is 2.18. The summed E-state index contributed by atoms with van der Waals surface area (Å²) in [4.78, 5) is 15.5. The van der Waals surface area contributed by atoms with Crippen LogP contribution in [0.15, 0.2) is 18.7 Å². The van der Waals surface area contributed by atoms with Crippen LogP contribution in [0.4, 0.5) is 0 Å². The quantitative estimate of drug-likeness (QED) is 0.719. The Morgan fingerprint density at radius 2 is 2.53 bits per heavy atom. The molecular weight excluding hydrogens is 194 g/mol. The SMILES string of the molecule is COC(=O)C1(N)CCC(n2ccnc2)C1. The molecule has 82 valence electrons. The molecule has 0 aromatic carbocycles. The van der Waals surface area contributed by atoms with Crippen LogP contribution in [0.1, 0.15) is 25.3 Å². The lowest BCUT2D eigenvalue weighted by Crippen LogP contribution is -2.46. The molecule has 1 aliphatic rings. The number of hydrogen-bond donors (Lipinski definition) is 1. The molecule has 1 fully saturated rings. The summed E-state index contributed by atoms with van der Waals surface area (Å²) in [6.45, 7) is 0. The fourth-order valence-corrected chi connectivity index (χ4v) is 2.18. The maximum atomic E-state index is 11.5. The van der Waals surface area contributed by atoms with E-state index >= 15 is 0 Å². The van der Waals surface area contributed by atoms with E-state index in [4.69, 9.17) is 10.5 Å². The molecule has 0 spiro atoms. The predicted octanol–water partition coefficient (Wildman–Crippen LogP) is 0.479. The largest absolute Gasteiger partial charge is 0.468 e. The van der Waals surface area contributed by atoms with Gasteiger partial charge in [-0.2, -0.15) is 0 Å². The number of nitrogens with two attached hydrogens (primary N) is 1. The Bertz CT molecular complexity index is 350. The second kappa shape index (κ2) is 3.66. The van der Waals surface area contributed by atoms with E-state index in [0.717, 1.165) is 6.42 Å². The maximum Gasteiger partial charge on any atom is 0.325 e. The molecular formula is C10H15N3O2. The van der Waals surface area contributed by atoms with Crippen molar-refractivity contribution < 1.29 is 9.53 Å². The minimum atomic E-state index is -0.816. The van der Waals surface area contributed by atoms with Crippen LogP contribution in [-0.4, -0.2) is 28.2 Å². The van der Waals surface area contributed by atoms with Crippen molar-refractivity contribution in [3.63, 3.8) is 0 Å². The van der Waals surface area contributed by atoms with E-state index in [1.807, 2.05) is 10.8 Å². The van der Waals surface area contributed by atoms with Gasteiger partial charge in [-0.25, -0.2) is 4.98 Å². The van der Waals surface area contributed by atoms with Gasteiger partial charge in [0.15, 0.2) is 0 Å². The van der Waals surface area contributed by atoms with Crippen LogP contribution in [0.3, 0.4) is 0 Å². The number of nitrogens with zero attached hydrogens (tertiary/aromatic N) is 2. The lowest BCUT2D eigenvalue weighted by Gasteiger charge is -2.20. The average molecular weight is 209 g/mol. The number of aromatic nitrogens is 2. The summed E-state index contributed by atoms with van der Waals surface area (Å²) in [5, 5.41) is 0. The van der Waals surface area contributed by atoms with Crippen molar-refractivity contribution in [2.45, 2.75) is 30.8 Å². The number of esters is 1. The zero-order valence-corrected chi connectivity index (χ0v) is 8.72. The van der Waals surface area contributed by atoms with Gasteiger partial charge in [0.2, 0.25) is 0 Å². The van der Waals surface area contributed by atoms with Gasteiger partial charge in [-0.05, 0) is 19.3 Å². The molecule has 5 nitrogen and oxygen atoms in total. The number of carbonyl (C=O) groups is 1. The average Bonchev–Trinajstić information content (AvgIpc) is 2.85. The van der Waals surface area contributed by atoms with Crippen LogP contribution in [-0.2, 0) is 9.53 Å². The van der Waals surface area contributed by atoms with Crippen molar-refractivity contribution in [2.75, 3.05) is 7.11 Å². The molecule has 0 aliphatic heterocycles. The molecule has 0 radical (unpaired) electrons. The van der Waals surface area contributed by atoms with E-state index in [1.54, 1.807) is 12.5 Å². The molecule has 5 heteroatoms. The second-order valence-electron chi connectivity index (χ2n) is 4.05. The Balaban J connectivity index is 2.09. The zero-order chi connectivity index (χ0) is 10.9. The molecule has 2 unspecified atom stereocenters. The summed E-state index contributed by atoms with van der Waals surface area (Å²) in [5.41, 5.74) is 5.19. The molecule has 15 heavy (non-hydrogen) atoms. The van der Waals surface area contributed by atoms with E-state index in [0.29, 0.717) is 12.8 Å². The third-order valence-corrected chi connectivity index (χ3v) is 3.06. The van der Waals surface area contributed by atoms with Gasteiger partial charge in [-0.3, -0.25) is 4.79 Å². The Morgan fingerprint density at radius 3 is 3.13 bits per heavy atom. The first-order valence-corrected chi connectivity index (χ1v) is 5.00. The van der Waals surface area contributed by atoms with Gasteiger partial charge in [0.25, 0.3) is 0 Å². The highest BCUT2D eigenvalue weighted by Gasteiger charge is 2.43. The molecule has 2 atom stereocenters. The molecule has 0 amide bonds. The summed E-state index contributed by atoms with van der Waals surface area (Å²) in [7, 11) is 1.38. The van der Waals surface area contributed by atoms with Crippen LogP contribution >= 0.6 is 0 Å². The van der Waals surface area contributed by atoms with Gasteiger partial charge >= 0.3 is 5.97 Å². The lowest BCUT2D eigenvalue weighted by molar-refractivity contribution is -0.146. The van der Waals surface area contributed by atoms with Gasteiger partial charge in [-0.1, -0.05) is 0 Å². The first-order chi connectivity index (χ1) is 7.15. The van der Waals surface area contributed by atoms with E-state index in [2.05, 4.69) is 4.98 Å². The highest BCUT2D eigenvalue weighted by Crippen LogP contribution is 2.36. The maximum absolute atomic E-state index is 11.5. The van der Waals surface area contributed by atoms with E-state index in [9.17, 15) is 4.79 Å². The van der Waals surface area contributed by atoms with Gasteiger partial charge in [0, 0.05) is 18.4 Å². The summed E-state index contributed by atoms with van der Waals surface area (Å²) in [5.74, 6) is -0.315. The first-order valence-electron chi connectivity index (χ1n) is 5.00. The van der Waals surface area contributed by atoms with E-state index in [1.165, 1.54) is 7.11 Å². The normalized spacial score (nSPS) is 30.4. The first kappa shape index (κ1) is 10.2. The fraction of sp³-hybridized carbons (Fsp3) is 0.600. The van der Waals surface area contributed by atoms with Gasteiger partial charge in [-0.15, -0.1) is 0 Å². The molecule has 1 heterocycles. The van der Waals surface area contributed by atoms with Crippen molar-refractivity contribution >= 4 is 5.97 Å². The summed E-state index contributed by atoms with van der Waals surface area (Å²) < 4.78 is 6.71. The van der Waals surface area contributed by atoms with Crippen molar-refractivity contribution in [2.24, 2.45) is 5.73 Å². The number of hydrogen-bond acceptors (Lipinski definition) is 4. The number of methoxy groups -OCH3 is 1. The Hall–Kier alpha value is -1.36. The molecule has 1 aromatic rings. The third-order valence-electron chi connectivity index (χ3n) is 3.06. The van der Waals surface area contributed by atoms with Crippen molar-refractivity contribution in [3.8, 4) is 0 Å². The van der Waals surface area contributed by atoms with Crippen molar-refractivity contribution in [1.29, 1.82) is 0 Å². The van der Waals surface area contributed by atoms with E-state index < -0.39 is 5.54 Å². The molecule has 0 saturated heterocycles. The van der Waals surface area contributed by atoms with Crippen LogP contribution in [0.2, 0.25) is 0 Å². The minimum absolute atomic E-state index is 0.261. The predicted molar refractivity (Wildman–Crippen MR) is 54.0 cm³/mol. The van der Waals surface area contributed by atoms with Gasteiger partial charge < -0.3 is 15.0 Å². The summed E-state index contributed by atoms with van der Waals surface area (Å²) in [6, 6.07) is 0.261. The van der Waals surface area contributed by atoms with Crippen LogP contribution < -0.4 is 5.73 Å². The smallest absolute Gasteiger partial charge is 0.325 e. The van der Waals surface area contributed by atoms with Crippen molar-refractivity contribution in [1.82, 2.24) is 9.55 Å². The molecule has 0 bridgehead atoms. The highest BCUT2D eigenvalue weighted by atomic mass is 16.5. The molecule has 1 aliphatic carbocycles. The monoisotopic (exact) mass is 209 g/mol. The van der Waals surface area contributed by atoms with Crippen molar-refractivity contribution in [3.05, 3.63) is 18.7 Å². The lowest BCUT2D eigenvalue weighted by atomic mass is 9.99. The van der Waals surface area contributed by atoms with Crippen LogP contribution in [0.5, 0.6) is 0 Å². The van der Waals surface area contributed by atoms with Crippen LogP contribution in [0.25, 0.3) is 0 Å². The Kier molecular flexibility index (Phi) is 2.48. The molecule has 1 saturated carbocycles. The number of carbonyl (C=O) groups excluding carboxylic acids is 1. The molecule has 1 aromatic heterocycles. The number of rotatable bonds is 2. The zero-order valence-electron chi connectivity index (χ0n) is 8.72. The Morgan fingerprint density at radius 1 is 1.73 bits per heavy atom. The third kappa shape index (κ3) is 1.74. The summed E-state index contributed by atoms with van der Waals surface area (Å²) in [6.07, 6.45) is 7.57. The number of imidazole rings is 1. The highest BCUT2D eigenvalue weighted by molar-refractivity contribution is 5.80. The minimum Gasteiger partial charge on any atom is -0.468 e. The Labute approximate surface area is 88.2 Å². The molecule has 2 rings (SSSR count). The number of ether oxygens (including phenoxy) is 1. The van der Waals surface area contributed by atoms with Gasteiger partial charge in [0.1, 0.15) is 5.54 Å².